The van der Waals surface area contributed by atoms with E-state index in [9.17, 15) is 9.59 Å². The van der Waals surface area contributed by atoms with Gasteiger partial charge in [-0.15, -0.1) is 11.8 Å². The monoisotopic (exact) mass is 532 g/mol. The summed E-state index contributed by atoms with van der Waals surface area (Å²) in [5.41, 5.74) is 8.80. The van der Waals surface area contributed by atoms with Crippen molar-refractivity contribution >= 4 is 57.1 Å². The number of carbonyl (C=O) groups is 2. The van der Waals surface area contributed by atoms with Crippen LogP contribution in [0.4, 0.5) is 0 Å². The van der Waals surface area contributed by atoms with E-state index >= 15 is 0 Å². The molecule has 180 valence electrons. The number of benzene rings is 2. The standard InChI is InChI=1S/C26H20N4O3S3/c27-19-23(31)30-20(18(14-34-24(19)30)35-26-29-17-12-7-13-28-22(17)36-26)25(32)33-21(15-8-3-1-4-9-15)16-10-5-2-6-11-16/h1-13,19,21,24H,14,27H2/t19?,24-/m0/s1. The van der Waals surface area contributed by atoms with Gasteiger partial charge in [0.2, 0.25) is 5.91 Å². The van der Waals surface area contributed by atoms with Gasteiger partial charge in [0, 0.05) is 16.9 Å². The Kier molecular flexibility index (Phi) is 6.26. The SMILES string of the molecule is NC1C(=O)N2C(C(=O)OC(c3ccccc3)c3ccccc3)=C(Sc3nc4cccnc4s3)CS[C@@H]12. The van der Waals surface area contributed by atoms with Crippen molar-refractivity contribution in [2.24, 2.45) is 5.73 Å². The first-order chi connectivity index (χ1) is 17.6. The summed E-state index contributed by atoms with van der Waals surface area (Å²) in [4.78, 5) is 38.6. The van der Waals surface area contributed by atoms with Crippen LogP contribution in [-0.2, 0) is 14.3 Å². The van der Waals surface area contributed by atoms with Crippen LogP contribution in [0.2, 0.25) is 0 Å². The third kappa shape index (κ3) is 4.20. The Morgan fingerprint density at radius 3 is 2.42 bits per heavy atom. The quantitative estimate of drug-likeness (QED) is 0.285. The first-order valence-electron chi connectivity index (χ1n) is 11.2. The van der Waals surface area contributed by atoms with Crippen molar-refractivity contribution in [1.29, 1.82) is 0 Å². The van der Waals surface area contributed by atoms with Crippen LogP contribution in [0.1, 0.15) is 17.2 Å². The number of thioether (sulfide) groups is 2. The number of β-lactam (4-membered cyclic amide) rings is 1. The van der Waals surface area contributed by atoms with E-state index in [1.807, 2.05) is 72.8 Å². The van der Waals surface area contributed by atoms with E-state index in [4.69, 9.17) is 10.5 Å². The minimum absolute atomic E-state index is 0.250. The molecule has 4 aromatic rings. The number of fused-ring (bicyclic) bond motifs is 2. The van der Waals surface area contributed by atoms with Crippen LogP contribution in [0.5, 0.6) is 0 Å². The number of ether oxygens (including phenoxy) is 1. The molecule has 1 amide bonds. The fraction of sp³-hybridized carbons (Fsp3) is 0.154. The van der Waals surface area contributed by atoms with Crippen LogP contribution >= 0.6 is 34.9 Å². The molecule has 6 rings (SSSR count). The number of aromatic nitrogens is 2. The second-order valence-corrected chi connectivity index (χ2v) is 11.6. The van der Waals surface area contributed by atoms with Crippen molar-refractivity contribution in [3.8, 4) is 0 Å². The van der Waals surface area contributed by atoms with Gasteiger partial charge in [-0.1, -0.05) is 83.8 Å². The topological polar surface area (TPSA) is 98.4 Å². The molecule has 10 heteroatoms. The molecule has 0 saturated carbocycles. The van der Waals surface area contributed by atoms with E-state index < -0.39 is 18.1 Å². The third-order valence-corrected chi connectivity index (χ3v) is 9.56. The van der Waals surface area contributed by atoms with Crippen molar-refractivity contribution in [3.63, 3.8) is 0 Å². The lowest BCUT2D eigenvalue weighted by molar-refractivity contribution is -0.152. The molecule has 0 bridgehead atoms. The van der Waals surface area contributed by atoms with Crippen LogP contribution < -0.4 is 5.73 Å². The number of carbonyl (C=O) groups excluding carboxylic acids is 2. The summed E-state index contributed by atoms with van der Waals surface area (Å²) in [5, 5.41) is -0.284. The van der Waals surface area contributed by atoms with E-state index in [1.165, 1.54) is 28.0 Å². The molecule has 1 unspecified atom stereocenters. The Morgan fingerprint density at radius 1 is 1.06 bits per heavy atom. The zero-order chi connectivity index (χ0) is 24.6. The van der Waals surface area contributed by atoms with Crippen molar-refractivity contribution in [1.82, 2.24) is 14.9 Å². The molecule has 2 aliphatic rings. The van der Waals surface area contributed by atoms with Crippen LogP contribution in [0.25, 0.3) is 10.3 Å². The molecule has 0 aliphatic carbocycles. The molecule has 2 atom stereocenters. The van der Waals surface area contributed by atoms with E-state index in [1.54, 1.807) is 18.0 Å². The fourth-order valence-electron chi connectivity index (χ4n) is 4.20. The normalized spacial score (nSPS) is 19.4. The highest BCUT2D eigenvalue weighted by Gasteiger charge is 2.52. The number of thiazole rings is 1. The zero-order valence-corrected chi connectivity index (χ0v) is 21.3. The minimum atomic E-state index is -0.630. The number of pyridine rings is 1. The summed E-state index contributed by atoms with van der Waals surface area (Å²) in [7, 11) is 0. The van der Waals surface area contributed by atoms with Gasteiger partial charge in [0.25, 0.3) is 0 Å². The van der Waals surface area contributed by atoms with Crippen LogP contribution in [0, 0.1) is 0 Å². The lowest BCUT2D eigenvalue weighted by Gasteiger charge is -2.48. The zero-order valence-electron chi connectivity index (χ0n) is 18.8. The van der Waals surface area contributed by atoms with Crippen LogP contribution in [0.15, 0.2) is 93.9 Å². The molecule has 0 radical (unpaired) electrons. The number of hydrogen-bond acceptors (Lipinski definition) is 9. The fourth-order valence-corrected chi connectivity index (χ4v) is 7.76. The molecule has 7 nitrogen and oxygen atoms in total. The van der Waals surface area contributed by atoms with Crippen LogP contribution in [0.3, 0.4) is 0 Å². The predicted molar refractivity (Wildman–Crippen MR) is 142 cm³/mol. The van der Waals surface area contributed by atoms with Gasteiger partial charge in [0.05, 0.1) is 0 Å². The summed E-state index contributed by atoms with van der Waals surface area (Å²) >= 11 is 4.38. The summed E-state index contributed by atoms with van der Waals surface area (Å²) < 4.78 is 6.89. The highest BCUT2D eigenvalue weighted by molar-refractivity contribution is 8.07. The van der Waals surface area contributed by atoms with E-state index in [0.717, 1.165) is 30.7 Å². The van der Waals surface area contributed by atoms with E-state index in [2.05, 4.69) is 9.97 Å². The number of nitrogens with two attached hydrogens (primary N) is 1. The summed E-state index contributed by atoms with van der Waals surface area (Å²) in [6.45, 7) is 0. The van der Waals surface area contributed by atoms with Gasteiger partial charge < -0.3 is 10.5 Å². The van der Waals surface area contributed by atoms with Crippen molar-refractivity contribution in [3.05, 3.63) is 101 Å². The lowest BCUT2D eigenvalue weighted by Crippen LogP contribution is -2.68. The summed E-state index contributed by atoms with van der Waals surface area (Å²) in [5.74, 6) is -0.304. The summed E-state index contributed by atoms with van der Waals surface area (Å²) in [6, 6.07) is 22.3. The molecule has 36 heavy (non-hydrogen) atoms. The van der Waals surface area contributed by atoms with Gasteiger partial charge in [-0.2, -0.15) is 0 Å². The maximum atomic E-state index is 13.8. The maximum absolute atomic E-state index is 13.8. The van der Waals surface area contributed by atoms with Crippen molar-refractivity contribution in [2.75, 3.05) is 5.75 Å². The van der Waals surface area contributed by atoms with Gasteiger partial charge in [0.1, 0.15) is 27.5 Å². The Balaban J connectivity index is 1.38. The molecule has 0 spiro atoms. The Morgan fingerprint density at radius 2 is 1.75 bits per heavy atom. The van der Waals surface area contributed by atoms with Gasteiger partial charge in [-0.25, -0.2) is 14.8 Å². The number of esters is 1. The third-order valence-electron chi connectivity index (χ3n) is 5.95. The van der Waals surface area contributed by atoms with Gasteiger partial charge in [0.15, 0.2) is 10.4 Å². The van der Waals surface area contributed by atoms with Gasteiger partial charge >= 0.3 is 5.97 Å². The Hall–Kier alpha value is -3.18. The van der Waals surface area contributed by atoms with Crippen molar-refractivity contribution < 1.29 is 14.3 Å². The van der Waals surface area contributed by atoms with Crippen molar-refractivity contribution in [2.45, 2.75) is 21.9 Å². The second kappa shape index (κ2) is 9.70. The lowest BCUT2D eigenvalue weighted by atomic mass is 10.0. The molecule has 2 N–H and O–H groups in total. The summed E-state index contributed by atoms with van der Waals surface area (Å²) in [6.07, 6.45) is 1.11. The maximum Gasteiger partial charge on any atom is 0.356 e. The van der Waals surface area contributed by atoms with E-state index in [-0.39, 0.29) is 17.0 Å². The number of hydrogen-bond donors (Lipinski definition) is 1. The molecule has 2 aromatic carbocycles. The minimum Gasteiger partial charge on any atom is -0.448 e. The van der Waals surface area contributed by atoms with E-state index in [0.29, 0.717) is 5.75 Å². The Labute approximate surface area is 219 Å². The second-order valence-electron chi connectivity index (χ2n) is 8.22. The first kappa shape index (κ1) is 23.2. The van der Waals surface area contributed by atoms with Gasteiger partial charge in [-0.05, 0) is 23.3 Å². The Bertz CT molecular complexity index is 1400. The average Bonchev–Trinajstić information content (AvgIpc) is 3.34. The largest absolute Gasteiger partial charge is 0.448 e. The van der Waals surface area contributed by atoms with Crippen LogP contribution in [-0.4, -0.2) is 43.9 Å². The first-order valence-corrected chi connectivity index (χ1v) is 13.9. The highest BCUT2D eigenvalue weighted by Crippen LogP contribution is 2.46. The molecular weight excluding hydrogens is 513 g/mol. The van der Waals surface area contributed by atoms with Gasteiger partial charge in [-0.3, -0.25) is 9.69 Å². The number of nitrogens with zero attached hydrogens (tertiary/aromatic N) is 3. The predicted octanol–water partition coefficient (Wildman–Crippen LogP) is 4.57. The average molecular weight is 533 g/mol. The smallest absolute Gasteiger partial charge is 0.356 e. The molecule has 4 heterocycles. The number of rotatable bonds is 6. The highest BCUT2D eigenvalue weighted by atomic mass is 32.2. The molecule has 1 fully saturated rings. The molecule has 2 aromatic heterocycles. The molecule has 1 saturated heterocycles. The number of amides is 1. The molecule has 2 aliphatic heterocycles. The molecular formula is C26H20N4O3S3.